The van der Waals surface area contributed by atoms with Gasteiger partial charge in [0.25, 0.3) is 15.7 Å². The van der Waals surface area contributed by atoms with E-state index in [4.69, 9.17) is 5.73 Å². The van der Waals surface area contributed by atoms with Gasteiger partial charge in [0.1, 0.15) is 5.82 Å². The van der Waals surface area contributed by atoms with Crippen molar-refractivity contribution in [2.24, 2.45) is 5.73 Å². The second-order valence-corrected chi connectivity index (χ2v) is 6.26. The number of nitrogens with zero attached hydrogens (tertiary/aromatic N) is 1. The van der Waals surface area contributed by atoms with Crippen LogP contribution in [0.1, 0.15) is 26.7 Å². The first-order valence-electron chi connectivity index (χ1n) is 6.40. The third-order valence-corrected chi connectivity index (χ3v) is 5.15. The van der Waals surface area contributed by atoms with Crippen molar-refractivity contribution in [1.29, 1.82) is 0 Å². The van der Waals surface area contributed by atoms with Crippen molar-refractivity contribution in [1.82, 2.24) is 4.72 Å². The van der Waals surface area contributed by atoms with Crippen LogP contribution in [-0.4, -0.2) is 25.4 Å². The van der Waals surface area contributed by atoms with E-state index in [1.165, 1.54) is 0 Å². The Hall–Kier alpha value is -1.29. The molecule has 0 radical (unpaired) electrons. The summed E-state index contributed by atoms with van der Waals surface area (Å²) in [6.45, 7) is 3.46. The maximum atomic E-state index is 13.8. The van der Waals surface area contributed by atoms with Gasteiger partial charge in [-0.25, -0.2) is 17.5 Å². The second-order valence-electron chi connectivity index (χ2n) is 4.64. The molecule has 0 aliphatic rings. The molecule has 1 aromatic carbocycles. The smallest absolute Gasteiger partial charge is 0.292 e. The molecule has 7 nitrogen and oxygen atoms in total. The number of hydrogen-bond donors (Lipinski definition) is 2. The van der Waals surface area contributed by atoms with E-state index >= 15 is 0 Å². The Morgan fingerprint density at radius 3 is 2.32 bits per heavy atom. The first-order valence-corrected chi connectivity index (χ1v) is 7.88. The number of halogens is 2. The van der Waals surface area contributed by atoms with E-state index in [1.807, 2.05) is 0 Å². The zero-order chi connectivity index (χ0) is 16.3. The zero-order valence-electron chi connectivity index (χ0n) is 12.2. The molecule has 0 atom stereocenters. The quantitative estimate of drug-likeness (QED) is 0.573. The maximum absolute atomic E-state index is 13.8. The Balaban J connectivity index is 0.00000441. The predicted octanol–water partition coefficient (Wildman–Crippen LogP) is 1.95. The van der Waals surface area contributed by atoms with E-state index in [2.05, 4.69) is 4.72 Å². The monoisotopic (exact) mass is 355 g/mol. The average Bonchev–Trinajstić information content (AvgIpc) is 2.44. The van der Waals surface area contributed by atoms with Crippen molar-refractivity contribution in [2.45, 2.75) is 37.1 Å². The molecule has 1 rings (SSSR count). The molecule has 0 aliphatic heterocycles. The first-order chi connectivity index (χ1) is 9.73. The summed E-state index contributed by atoms with van der Waals surface area (Å²) in [7, 11) is -4.41. The molecule has 0 aromatic heterocycles. The molecule has 0 spiro atoms. The molecule has 3 N–H and O–H groups in total. The Kier molecular flexibility index (Phi) is 7.36. The minimum atomic E-state index is -4.41. The van der Waals surface area contributed by atoms with Gasteiger partial charge in [0, 0.05) is 18.2 Å². The number of benzene rings is 1. The molecule has 22 heavy (non-hydrogen) atoms. The summed E-state index contributed by atoms with van der Waals surface area (Å²) < 4.78 is 40.9. The second kappa shape index (κ2) is 7.82. The number of rotatable bonds is 7. The summed E-state index contributed by atoms with van der Waals surface area (Å²) in [5, 5.41) is 10.9. The van der Waals surface area contributed by atoms with E-state index in [-0.39, 0.29) is 19.0 Å². The predicted molar refractivity (Wildman–Crippen MR) is 83.0 cm³/mol. The minimum absolute atomic E-state index is 0. The van der Waals surface area contributed by atoms with E-state index < -0.39 is 36.9 Å². The minimum Gasteiger partial charge on any atom is -0.329 e. The van der Waals surface area contributed by atoms with E-state index in [0.29, 0.717) is 12.8 Å². The summed E-state index contributed by atoms with van der Waals surface area (Å²) in [4.78, 5) is 9.02. The molecule has 0 aliphatic carbocycles. The number of nitrogens with one attached hydrogen (secondary N) is 1. The van der Waals surface area contributed by atoms with Crippen LogP contribution >= 0.6 is 12.4 Å². The molecule has 1 aromatic rings. The van der Waals surface area contributed by atoms with Crippen molar-refractivity contribution in [2.75, 3.05) is 6.54 Å². The van der Waals surface area contributed by atoms with Gasteiger partial charge in [-0.15, -0.1) is 12.4 Å². The number of sulfonamides is 1. The summed E-state index contributed by atoms with van der Waals surface area (Å²) in [5.74, 6) is -1.17. The van der Waals surface area contributed by atoms with Crippen LogP contribution < -0.4 is 10.5 Å². The highest BCUT2D eigenvalue weighted by atomic mass is 35.5. The van der Waals surface area contributed by atoms with Crippen molar-refractivity contribution < 1.29 is 17.7 Å². The fourth-order valence-electron chi connectivity index (χ4n) is 1.97. The lowest BCUT2D eigenvalue weighted by atomic mass is 9.95. The Labute approximate surface area is 134 Å². The highest BCUT2D eigenvalue weighted by Gasteiger charge is 2.36. The van der Waals surface area contributed by atoms with Crippen molar-refractivity contribution in [3.05, 3.63) is 34.1 Å². The lowest BCUT2D eigenvalue weighted by Crippen LogP contribution is -2.52. The number of nitrogens with two attached hydrogens (primary N) is 1. The van der Waals surface area contributed by atoms with Crippen LogP contribution in [0.25, 0.3) is 0 Å². The topological polar surface area (TPSA) is 115 Å². The third-order valence-electron chi connectivity index (χ3n) is 3.51. The van der Waals surface area contributed by atoms with Gasteiger partial charge in [-0.1, -0.05) is 19.9 Å². The largest absolute Gasteiger partial charge is 0.329 e. The molecule has 0 heterocycles. The van der Waals surface area contributed by atoms with Crippen molar-refractivity contribution in [3.63, 3.8) is 0 Å². The molecule has 0 bridgehead atoms. The Morgan fingerprint density at radius 1 is 1.36 bits per heavy atom. The summed E-state index contributed by atoms with van der Waals surface area (Å²) in [5.41, 5.74) is 3.83. The molecule has 10 heteroatoms. The molecule has 126 valence electrons. The van der Waals surface area contributed by atoms with Crippen molar-refractivity contribution in [3.8, 4) is 0 Å². The van der Waals surface area contributed by atoms with Crippen LogP contribution in [0.5, 0.6) is 0 Å². The highest BCUT2D eigenvalue weighted by molar-refractivity contribution is 7.89. The normalized spacial score (nSPS) is 11.8. The van der Waals surface area contributed by atoms with Gasteiger partial charge >= 0.3 is 0 Å². The van der Waals surface area contributed by atoms with Gasteiger partial charge in [-0.05, 0) is 18.9 Å². The van der Waals surface area contributed by atoms with Crippen LogP contribution in [-0.2, 0) is 10.0 Å². The Morgan fingerprint density at radius 2 is 1.91 bits per heavy atom. The molecule has 0 saturated heterocycles. The molecule has 0 amide bonds. The van der Waals surface area contributed by atoms with Gasteiger partial charge in [-0.2, -0.15) is 0 Å². The summed E-state index contributed by atoms with van der Waals surface area (Å²) >= 11 is 0. The molecular formula is C12H19ClFN3O4S. The lowest BCUT2D eigenvalue weighted by molar-refractivity contribution is -0.388. The van der Waals surface area contributed by atoms with Crippen LogP contribution in [0.3, 0.4) is 0 Å². The maximum Gasteiger partial charge on any atom is 0.292 e. The fraction of sp³-hybridized carbons (Fsp3) is 0.500. The summed E-state index contributed by atoms with van der Waals surface area (Å²) in [6, 6.07) is 2.89. The van der Waals surface area contributed by atoms with Crippen LogP contribution in [0.4, 0.5) is 10.1 Å². The lowest BCUT2D eigenvalue weighted by Gasteiger charge is -2.30. The highest BCUT2D eigenvalue weighted by Crippen LogP contribution is 2.28. The van der Waals surface area contributed by atoms with Gasteiger partial charge < -0.3 is 5.73 Å². The fourth-order valence-corrected chi connectivity index (χ4v) is 3.75. The zero-order valence-corrected chi connectivity index (χ0v) is 13.8. The average molecular weight is 356 g/mol. The first kappa shape index (κ1) is 20.7. The van der Waals surface area contributed by atoms with E-state index in [0.717, 1.165) is 18.2 Å². The molecular weight excluding hydrogens is 337 g/mol. The van der Waals surface area contributed by atoms with Crippen molar-refractivity contribution >= 4 is 28.1 Å². The van der Waals surface area contributed by atoms with E-state index in [1.54, 1.807) is 13.8 Å². The van der Waals surface area contributed by atoms with Gasteiger partial charge in [0.2, 0.25) is 0 Å². The third kappa shape index (κ3) is 4.13. The standard InChI is InChI=1S/C12H18FN3O4S.ClH/c1-3-12(4-2,8-14)15-21(19,20)11-9(13)6-5-7-10(11)16(17)18;/h5-7,15H,3-4,8,14H2,1-2H3;1H. The van der Waals surface area contributed by atoms with Gasteiger partial charge in [0.05, 0.1) is 4.92 Å². The van der Waals surface area contributed by atoms with E-state index in [9.17, 15) is 22.9 Å². The SMILES string of the molecule is CCC(CC)(CN)NS(=O)(=O)c1c(F)cccc1[N+](=O)[O-].Cl. The molecule has 0 saturated carbocycles. The molecule has 0 fully saturated rings. The number of hydrogen-bond acceptors (Lipinski definition) is 5. The van der Waals surface area contributed by atoms with Gasteiger partial charge in [-0.3, -0.25) is 10.1 Å². The van der Waals surface area contributed by atoms with Gasteiger partial charge in [0.15, 0.2) is 4.90 Å². The number of nitro groups is 1. The van der Waals surface area contributed by atoms with Crippen LogP contribution in [0, 0.1) is 15.9 Å². The molecule has 0 unspecified atom stereocenters. The Bertz CT molecular complexity index is 627. The summed E-state index contributed by atoms with van der Waals surface area (Å²) in [6.07, 6.45) is 0.753. The number of nitro benzene ring substituents is 1. The van der Waals surface area contributed by atoms with Crippen LogP contribution in [0.15, 0.2) is 23.1 Å². The van der Waals surface area contributed by atoms with Crippen LogP contribution in [0.2, 0.25) is 0 Å².